The lowest BCUT2D eigenvalue weighted by molar-refractivity contribution is 0.284. The number of anilines is 1. The number of pyridine rings is 1. The zero-order valence-electron chi connectivity index (χ0n) is 10.6. The molecule has 0 radical (unpaired) electrons. The van der Waals surface area contributed by atoms with Gasteiger partial charge < -0.3 is 16.0 Å². The highest BCUT2D eigenvalue weighted by Gasteiger charge is 2.06. The van der Waals surface area contributed by atoms with Gasteiger partial charge in [0, 0.05) is 25.3 Å². The summed E-state index contributed by atoms with van der Waals surface area (Å²) in [7, 11) is 2.10. The van der Waals surface area contributed by atoms with E-state index < -0.39 is 0 Å². The third kappa shape index (κ3) is 4.28. The zero-order chi connectivity index (χ0) is 12.8. The van der Waals surface area contributed by atoms with E-state index in [4.69, 9.17) is 18.0 Å². The van der Waals surface area contributed by atoms with Crippen LogP contribution in [0.25, 0.3) is 0 Å². The average Bonchev–Trinajstić information content (AvgIpc) is 2.29. The van der Waals surface area contributed by atoms with Crippen LogP contribution in [0.1, 0.15) is 19.4 Å². The number of rotatable bonds is 6. The molecule has 0 atom stereocenters. The number of hydrogen-bond donors (Lipinski definition) is 2. The first-order valence-electron chi connectivity index (χ1n) is 5.71. The minimum absolute atomic E-state index is 0.373. The topological polar surface area (TPSA) is 54.2 Å². The number of likely N-dealkylation sites (N-methyl/N-ethyl adjacent to an activating group) is 1. The van der Waals surface area contributed by atoms with E-state index in [2.05, 4.69) is 36.1 Å². The molecule has 0 aliphatic carbocycles. The highest BCUT2D eigenvalue weighted by Crippen LogP contribution is 2.10. The molecule has 3 N–H and O–H groups in total. The Morgan fingerprint density at radius 3 is 2.88 bits per heavy atom. The van der Waals surface area contributed by atoms with Crippen LogP contribution in [0, 0.1) is 0 Å². The third-order valence-corrected chi connectivity index (χ3v) is 2.93. The molecule has 1 aromatic rings. The summed E-state index contributed by atoms with van der Waals surface area (Å²) < 4.78 is 0. The molecule has 0 saturated heterocycles. The van der Waals surface area contributed by atoms with E-state index >= 15 is 0 Å². The summed E-state index contributed by atoms with van der Waals surface area (Å²) in [5, 5.41) is 3.26. The van der Waals surface area contributed by atoms with Crippen molar-refractivity contribution in [2.24, 2.45) is 5.73 Å². The van der Waals surface area contributed by atoms with Crippen molar-refractivity contribution < 1.29 is 0 Å². The standard InChI is InChI=1S/C12H20N4S/c1-9(2)16(3)8-7-15-12-10(11(13)17)5-4-6-14-12/h4-6,9H,7-8H2,1-3H3,(H2,13,17)(H,14,15). The first kappa shape index (κ1) is 13.9. The van der Waals surface area contributed by atoms with Gasteiger partial charge in [0.05, 0.1) is 5.56 Å². The maximum atomic E-state index is 5.64. The lowest BCUT2D eigenvalue weighted by Gasteiger charge is -2.21. The van der Waals surface area contributed by atoms with Crippen LogP contribution in [0.4, 0.5) is 5.82 Å². The van der Waals surface area contributed by atoms with Gasteiger partial charge in [0.25, 0.3) is 0 Å². The van der Waals surface area contributed by atoms with Crippen LogP contribution in [0.2, 0.25) is 0 Å². The fourth-order valence-corrected chi connectivity index (χ4v) is 1.52. The van der Waals surface area contributed by atoms with Crippen molar-refractivity contribution in [1.82, 2.24) is 9.88 Å². The third-order valence-electron chi connectivity index (χ3n) is 2.71. The van der Waals surface area contributed by atoms with Crippen LogP contribution in [-0.4, -0.2) is 41.1 Å². The van der Waals surface area contributed by atoms with Gasteiger partial charge in [0.2, 0.25) is 0 Å². The fraction of sp³-hybridized carbons (Fsp3) is 0.500. The van der Waals surface area contributed by atoms with E-state index in [1.807, 2.05) is 12.1 Å². The Hall–Kier alpha value is -1.20. The smallest absolute Gasteiger partial charge is 0.136 e. The van der Waals surface area contributed by atoms with Crippen LogP contribution >= 0.6 is 12.2 Å². The minimum Gasteiger partial charge on any atom is -0.389 e. The van der Waals surface area contributed by atoms with Crippen molar-refractivity contribution in [3.63, 3.8) is 0 Å². The van der Waals surface area contributed by atoms with E-state index in [0.717, 1.165) is 24.5 Å². The summed E-state index contributed by atoms with van der Waals surface area (Å²) in [6, 6.07) is 4.25. The van der Waals surface area contributed by atoms with Gasteiger partial charge in [-0.1, -0.05) is 12.2 Å². The number of aromatic nitrogens is 1. The molecule has 0 unspecified atom stereocenters. The Morgan fingerprint density at radius 2 is 2.29 bits per heavy atom. The van der Waals surface area contributed by atoms with E-state index in [1.165, 1.54) is 0 Å². The Balaban J connectivity index is 2.55. The van der Waals surface area contributed by atoms with Crippen molar-refractivity contribution >= 4 is 23.0 Å². The van der Waals surface area contributed by atoms with E-state index in [0.29, 0.717) is 11.0 Å². The maximum Gasteiger partial charge on any atom is 0.136 e. The van der Waals surface area contributed by atoms with Crippen molar-refractivity contribution in [1.29, 1.82) is 0 Å². The Morgan fingerprint density at radius 1 is 1.59 bits per heavy atom. The van der Waals surface area contributed by atoms with Crippen molar-refractivity contribution in [2.45, 2.75) is 19.9 Å². The van der Waals surface area contributed by atoms with Crippen LogP contribution in [0.5, 0.6) is 0 Å². The molecule has 1 rings (SSSR count). The Bertz CT molecular complexity index is 379. The molecule has 0 aliphatic rings. The maximum absolute atomic E-state index is 5.64. The van der Waals surface area contributed by atoms with Gasteiger partial charge in [-0.2, -0.15) is 0 Å². The fourth-order valence-electron chi connectivity index (χ4n) is 1.35. The highest BCUT2D eigenvalue weighted by molar-refractivity contribution is 7.80. The molecule has 0 aliphatic heterocycles. The van der Waals surface area contributed by atoms with Crippen LogP contribution in [-0.2, 0) is 0 Å². The SMILES string of the molecule is CC(C)N(C)CCNc1ncccc1C(N)=S. The molecule has 0 aromatic carbocycles. The molecule has 1 heterocycles. The summed E-state index contributed by atoms with van der Waals surface area (Å²) in [6.07, 6.45) is 1.73. The highest BCUT2D eigenvalue weighted by atomic mass is 32.1. The summed E-state index contributed by atoms with van der Waals surface area (Å²) in [6.45, 7) is 6.11. The second-order valence-corrected chi connectivity index (χ2v) is 4.70. The number of thiocarbonyl (C=S) groups is 1. The molecule has 0 bridgehead atoms. The largest absolute Gasteiger partial charge is 0.389 e. The summed E-state index contributed by atoms with van der Waals surface area (Å²) in [5.41, 5.74) is 6.44. The van der Waals surface area contributed by atoms with E-state index in [1.54, 1.807) is 6.20 Å². The molecule has 0 spiro atoms. The van der Waals surface area contributed by atoms with Crippen molar-refractivity contribution in [3.8, 4) is 0 Å². The van der Waals surface area contributed by atoms with Gasteiger partial charge in [-0.25, -0.2) is 4.98 Å². The van der Waals surface area contributed by atoms with Gasteiger partial charge >= 0.3 is 0 Å². The lowest BCUT2D eigenvalue weighted by Crippen LogP contribution is -2.31. The van der Waals surface area contributed by atoms with E-state index in [9.17, 15) is 0 Å². The predicted molar refractivity (Wildman–Crippen MR) is 76.4 cm³/mol. The normalized spacial score (nSPS) is 10.9. The Labute approximate surface area is 108 Å². The predicted octanol–water partition coefficient (Wildman–Crippen LogP) is 1.47. The van der Waals surface area contributed by atoms with Gasteiger partial charge in [-0.3, -0.25) is 0 Å². The number of hydrogen-bond acceptors (Lipinski definition) is 4. The molecule has 0 fully saturated rings. The summed E-state index contributed by atoms with van der Waals surface area (Å²) in [5.74, 6) is 0.761. The van der Waals surface area contributed by atoms with E-state index in [-0.39, 0.29) is 0 Å². The molecule has 0 saturated carbocycles. The van der Waals surface area contributed by atoms with Gasteiger partial charge in [-0.05, 0) is 33.0 Å². The van der Waals surface area contributed by atoms with Gasteiger partial charge in [-0.15, -0.1) is 0 Å². The molecule has 17 heavy (non-hydrogen) atoms. The molecule has 5 heteroatoms. The number of nitrogens with zero attached hydrogens (tertiary/aromatic N) is 2. The summed E-state index contributed by atoms with van der Waals surface area (Å²) >= 11 is 4.98. The van der Waals surface area contributed by atoms with Gasteiger partial charge in [0.1, 0.15) is 10.8 Å². The van der Waals surface area contributed by atoms with Crippen LogP contribution in [0.3, 0.4) is 0 Å². The Kier molecular flexibility index (Phi) is 5.31. The minimum atomic E-state index is 0.373. The van der Waals surface area contributed by atoms with Crippen molar-refractivity contribution in [3.05, 3.63) is 23.9 Å². The zero-order valence-corrected chi connectivity index (χ0v) is 11.4. The summed E-state index contributed by atoms with van der Waals surface area (Å²) in [4.78, 5) is 6.88. The molecule has 94 valence electrons. The lowest BCUT2D eigenvalue weighted by atomic mass is 10.2. The van der Waals surface area contributed by atoms with Crippen molar-refractivity contribution in [2.75, 3.05) is 25.5 Å². The second-order valence-electron chi connectivity index (χ2n) is 4.26. The number of nitrogens with one attached hydrogen (secondary N) is 1. The quantitative estimate of drug-likeness (QED) is 0.751. The average molecular weight is 252 g/mol. The number of nitrogens with two attached hydrogens (primary N) is 1. The first-order chi connectivity index (χ1) is 8.02. The molecular formula is C12H20N4S. The molecular weight excluding hydrogens is 232 g/mol. The molecule has 4 nitrogen and oxygen atoms in total. The molecule has 1 aromatic heterocycles. The monoisotopic (exact) mass is 252 g/mol. The first-order valence-corrected chi connectivity index (χ1v) is 6.12. The molecule has 0 amide bonds. The van der Waals surface area contributed by atoms with Gasteiger partial charge in [0.15, 0.2) is 0 Å². The van der Waals surface area contributed by atoms with Crippen LogP contribution < -0.4 is 11.1 Å². The second kappa shape index (κ2) is 6.51. The van der Waals surface area contributed by atoms with Crippen LogP contribution in [0.15, 0.2) is 18.3 Å².